The number of alkyl carbamates (subject to hydrolysis) is 1. The minimum absolute atomic E-state index is 0.00216. The van der Waals surface area contributed by atoms with Crippen molar-refractivity contribution in [2.75, 3.05) is 5.32 Å². The molecule has 2 heterocycles. The summed E-state index contributed by atoms with van der Waals surface area (Å²) in [5.74, 6) is 0.206. The fourth-order valence-electron chi connectivity index (χ4n) is 3.30. The van der Waals surface area contributed by atoms with Crippen LogP contribution in [0.3, 0.4) is 0 Å². The predicted octanol–water partition coefficient (Wildman–Crippen LogP) is 5.42. The third-order valence-corrected chi connectivity index (χ3v) is 5.04. The minimum Gasteiger partial charge on any atom is -0.444 e. The van der Waals surface area contributed by atoms with Crippen LogP contribution in [0.4, 0.5) is 14.4 Å². The second-order valence-corrected chi connectivity index (χ2v) is 9.05. The van der Waals surface area contributed by atoms with Gasteiger partial charge in [0.15, 0.2) is 12.3 Å². The van der Waals surface area contributed by atoms with E-state index in [2.05, 4.69) is 15.6 Å². The van der Waals surface area contributed by atoms with Crippen molar-refractivity contribution in [3.05, 3.63) is 48.4 Å². The molecule has 0 radical (unpaired) electrons. The van der Waals surface area contributed by atoms with E-state index < -0.39 is 17.7 Å². The van der Waals surface area contributed by atoms with Crippen LogP contribution >= 0.6 is 12.3 Å². The lowest BCUT2D eigenvalue weighted by Gasteiger charge is -2.23. The van der Waals surface area contributed by atoms with Gasteiger partial charge in [-0.25, -0.2) is 13.8 Å². The third kappa shape index (κ3) is 6.10. The number of rotatable bonds is 2. The zero-order valence-electron chi connectivity index (χ0n) is 18.0. The SMILES string of the molecule is CC1/C=C\CC(NC(=O)OC(C)(C)C)c2nc(cn2SF)-c2ccccc2NC(=O)C1. The van der Waals surface area contributed by atoms with Crippen molar-refractivity contribution in [2.24, 2.45) is 5.92 Å². The quantitative estimate of drug-likeness (QED) is 0.602. The monoisotopic (exact) mass is 446 g/mol. The fraction of sp³-hybridized carbons (Fsp3) is 0.409. The predicted molar refractivity (Wildman–Crippen MR) is 120 cm³/mol. The summed E-state index contributed by atoms with van der Waals surface area (Å²) < 4.78 is 20.5. The smallest absolute Gasteiger partial charge is 0.408 e. The zero-order valence-corrected chi connectivity index (χ0v) is 18.8. The maximum absolute atomic E-state index is 13.8. The molecule has 166 valence electrons. The molecule has 0 aliphatic carbocycles. The summed E-state index contributed by atoms with van der Waals surface area (Å²) in [4.78, 5) is 29.5. The molecule has 0 saturated carbocycles. The first-order valence-corrected chi connectivity index (χ1v) is 10.8. The summed E-state index contributed by atoms with van der Waals surface area (Å²) in [6, 6.07) is 6.62. The third-order valence-electron chi connectivity index (χ3n) is 4.60. The number of hydrogen-bond donors (Lipinski definition) is 2. The van der Waals surface area contributed by atoms with Crippen LogP contribution in [0, 0.1) is 5.92 Å². The van der Waals surface area contributed by atoms with Gasteiger partial charge in [-0.2, -0.15) is 0 Å². The normalized spacial score (nSPS) is 20.4. The first kappa shape index (κ1) is 22.9. The van der Waals surface area contributed by atoms with Gasteiger partial charge in [0.25, 0.3) is 0 Å². The average molecular weight is 447 g/mol. The van der Waals surface area contributed by atoms with Crippen molar-refractivity contribution >= 4 is 30.0 Å². The molecule has 2 N–H and O–H groups in total. The van der Waals surface area contributed by atoms with Gasteiger partial charge >= 0.3 is 6.09 Å². The molecule has 2 aromatic rings. The maximum atomic E-state index is 13.8. The number of amides is 2. The van der Waals surface area contributed by atoms with E-state index in [0.717, 1.165) is 0 Å². The molecule has 31 heavy (non-hydrogen) atoms. The molecule has 0 saturated heterocycles. The molecule has 7 nitrogen and oxygen atoms in total. The van der Waals surface area contributed by atoms with Crippen molar-refractivity contribution in [3.8, 4) is 11.3 Å². The molecule has 2 atom stereocenters. The molecule has 0 fully saturated rings. The van der Waals surface area contributed by atoms with Gasteiger partial charge in [-0.3, -0.25) is 4.79 Å². The van der Waals surface area contributed by atoms with E-state index in [1.807, 2.05) is 37.3 Å². The Kier molecular flexibility index (Phi) is 7.04. The van der Waals surface area contributed by atoms with Crippen LogP contribution in [0.15, 0.2) is 42.6 Å². The fourth-order valence-corrected chi connectivity index (χ4v) is 3.68. The number of nitrogens with one attached hydrogen (secondary N) is 2. The highest BCUT2D eigenvalue weighted by Gasteiger charge is 2.25. The number of carbonyl (C=O) groups is 2. The summed E-state index contributed by atoms with van der Waals surface area (Å²) in [5, 5.41) is 5.72. The number of anilines is 1. The number of fused-ring (bicyclic) bond motifs is 4. The number of nitrogens with zero attached hydrogens (tertiary/aromatic N) is 2. The highest BCUT2D eigenvalue weighted by Crippen LogP contribution is 2.32. The summed E-state index contributed by atoms with van der Waals surface area (Å²) in [7, 11) is 0. The lowest BCUT2D eigenvalue weighted by atomic mass is 10.0. The van der Waals surface area contributed by atoms with Crippen molar-refractivity contribution in [1.82, 2.24) is 14.3 Å². The molecular weight excluding hydrogens is 419 g/mol. The van der Waals surface area contributed by atoms with E-state index in [4.69, 9.17) is 4.74 Å². The largest absolute Gasteiger partial charge is 0.444 e. The second kappa shape index (κ2) is 9.55. The Labute approximate surface area is 185 Å². The Bertz CT molecular complexity index is 983. The number of aromatic nitrogens is 2. The average Bonchev–Trinajstić information content (AvgIpc) is 3.09. The van der Waals surface area contributed by atoms with E-state index in [0.29, 0.717) is 35.6 Å². The van der Waals surface area contributed by atoms with Crippen LogP contribution in [-0.2, 0) is 9.53 Å². The first-order valence-electron chi connectivity index (χ1n) is 10.1. The zero-order chi connectivity index (χ0) is 22.6. The highest BCUT2D eigenvalue weighted by molar-refractivity contribution is 7.92. The molecule has 0 spiro atoms. The molecule has 1 aromatic heterocycles. The Morgan fingerprint density at radius 3 is 2.81 bits per heavy atom. The molecule has 1 aliphatic rings. The number of hydrogen-bond acceptors (Lipinski definition) is 5. The molecule has 9 heteroatoms. The maximum Gasteiger partial charge on any atom is 0.408 e. The van der Waals surface area contributed by atoms with Gasteiger partial charge in [0.05, 0.1) is 17.4 Å². The van der Waals surface area contributed by atoms with Crippen molar-refractivity contribution < 1.29 is 18.2 Å². The van der Waals surface area contributed by atoms with E-state index in [1.54, 1.807) is 33.0 Å². The molecule has 2 unspecified atom stereocenters. The van der Waals surface area contributed by atoms with Gasteiger partial charge in [-0.1, -0.05) is 37.3 Å². The van der Waals surface area contributed by atoms with E-state index in [-0.39, 0.29) is 24.2 Å². The number of allylic oxidation sites excluding steroid dienone is 1. The minimum atomic E-state index is -0.669. The van der Waals surface area contributed by atoms with Crippen LogP contribution in [0.5, 0.6) is 0 Å². The number of halogens is 1. The Morgan fingerprint density at radius 2 is 2.10 bits per heavy atom. The topological polar surface area (TPSA) is 85.2 Å². The highest BCUT2D eigenvalue weighted by atomic mass is 32.2. The van der Waals surface area contributed by atoms with Crippen molar-refractivity contribution in [3.63, 3.8) is 0 Å². The molecular formula is C22H27FN4O3S. The molecule has 1 aliphatic heterocycles. The lowest BCUT2D eigenvalue weighted by molar-refractivity contribution is -0.116. The van der Waals surface area contributed by atoms with Gasteiger partial charge in [0, 0.05) is 18.2 Å². The Hall–Kier alpha value is -2.81. The van der Waals surface area contributed by atoms with Gasteiger partial charge in [0.1, 0.15) is 11.4 Å². The number of benzene rings is 1. The van der Waals surface area contributed by atoms with Crippen LogP contribution in [-0.4, -0.2) is 26.6 Å². The van der Waals surface area contributed by atoms with Crippen LogP contribution in [0.25, 0.3) is 11.3 Å². The van der Waals surface area contributed by atoms with Crippen LogP contribution in [0.2, 0.25) is 0 Å². The first-order chi connectivity index (χ1) is 14.7. The molecule has 2 bridgehead atoms. The van der Waals surface area contributed by atoms with Gasteiger partial charge in [-0.15, -0.1) is 3.89 Å². The summed E-state index contributed by atoms with van der Waals surface area (Å²) in [5.41, 5.74) is 1.08. The summed E-state index contributed by atoms with van der Waals surface area (Å²) >= 11 is -0.00216. The van der Waals surface area contributed by atoms with E-state index in [9.17, 15) is 13.5 Å². The van der Waals surface area contributed by atoms with Crippen LogP contribution in [0.1, 0.15) is 52.4 Å². The van der Waals surface area contributed by atoms with E-state index >= 15 is 0 Å². The second-order valence-electron chi connectivity index (χ2n) is 8.52. The summed E-state index contributed by atoms with van der Waals surface area (Å²) in [6.45, 7) is 7.26. The molecule has 2 amide bonds. The van der Waals surface area contributed by atoms with Crippen molar-refractivity contribution in [1.29, 1.82) is 0 Å². The summed E-state index contributed by atoms with van der Waals surface area (Å²) in [6.07, 6.45) is 5.39. The van der Waals surface area contributed by atoms with Gasteiger partial charge in [-0.05, 0) is 39.2 Å². The van der Waals surface area contributed by atoms with E-state index in [1.165, 1.54) is 3.97 Å². The Balaban J connectivity index is 2.04. The number of imidazole rings is 1. The van der Waals surface area contributed by atoms with Crippen LogP contribution < -0.4 is 10.6 Å². The number of carbonyl (C=O) groups excluding carboxylic acids is 2. The molecule has 3 rings (SSSR count). The van der Waals surface area contributed by atoms with Gasteiger partial charge < -0.3 is 15.4 Å². The number of ether oxygens (including phenoxy) is 1. The molecule has 1 aromatic carbocycles. The van der Waals surface area contributed by atoms with Crippen molar-refractivity contribution in [2.45, 2.75) is 52.2 Å². The Morgan fingerprint density at radius 1 is 1.35 bits per heavy atom. The van der Waals surface area contributed by atoms with Gasteiger partial charge in [0.2, 0.25) is 5.91 Å². The number of para-hydroxylation sites is 1. The standard InChI is InChI=1S/C22H27FN4O3S/c1-14-8-7-11-17(26-21(29)30-22(2,3)4)20-25-18(13-27(20)31-23)15-9-5-6-10-16(15)24-19(28)12-14/h5-10,13-14,17H,11-12H2,1-4H3,(H,24,28)(H,26,29)/b8-7-. The lowest BCUT2D eigenvalue weighted by Crippen LogP contribution is -2.35.